The number of amides is 1. The summed E-state index contributed by atoms with van der Waals surface area (Å²) in [5, 5.41) is 0. The second kappa shape index (κ2) is 4.54. The van der Waals surface area contributed by atoms with Gasteiger partial charge < -0.3 is 15.4 Å². The predicted molar refractivity (Wildman–Crippen MR) is 64.6 cm³/mol. The first kappa shape index (κ1) is 12.5. The standard InChI is InChI=1S/C13H14F2N2O2/c14-7-4-9(15)11-10(5-7)17(13(18)12(11)16)6-8-2-1-3-19-8/h4-5,8,12H,1-3,6,16H2. The van der Waals surface area contributed by atoms with Gasteiger partial charge in [0.15, 0.2) is 0 Å². The van der Waals surface area contributed by atoms with E-state index >= 15 is 0 Å². The van der Waals surface area contributed by atoms with Crippen molar-refractivity contribution in [1.82, 2.24) is 0 Å². The van der Waals surface area contributed by atoms with Crippen LogP contribution in [0.4, 0.5) is 14.5 Å². The molecule has 0 aromatic heterocycles. The molecule has 1 saturated heterocycles. The molecular formula is C13H14F2N2O2. The van der Waals surface area contributed by atoms with Gasteiger partial charge >= 0.3 is 0 Å². The van der Waals surface area contributed by atoms with Gasteiger partial charge in [-0.1, -0.05) is 0 Å². The molecule has 4 nitrogen and oxygen atoms in total. The topological polar surface area (TPSA) is 55.6 Å². The molecule has 0 saturated carbocycles. The second-order valence-electron chi connectivity index (χ2n) is 4.88. The number of fused-ring (bicyclic) bond motifs is 1. The third kappa shape index (κ3) is 2.01. The van der Waals surface area contributed by atoms with Gasteiger partial charge in [0.2, 0.25) is 5.91 Å². The molecule has 1 aromatic carbocycles. The Bertz CT molecular complexity index is 530. The molecule has 0 bridgehead atoms. The van der Waals surface area contributed by atoms with Gasteiger partial charge in [-0.15, -0.1) is 0 Å². The van der Waals surface area contributed by atoms with Crippen molar-refractivity contribution in [1.29, 1.82) is 0 Å². The van der Waals surface area contributed by atoms with Crippen molar-refractivity contribution in [3.63, 3.8) is 0 Å². The van der Waals surface area contributed by atoms with Crippen molar-refractivity contribution in [2.45, 2.75) is 25.0 Å². The number of nitrogens with two attached hydrogens (primary N) is 1. The third-order valence-electron chi connectivity index (χ3n) is 3.62. The highest BCUT2D eigenvalue weighted by atomic mass is 19.1. The lowest BCUT2D eigenvalue weighted by Gasteiger charge is -2.21. The van der Waals surface area contributed by atoms with Crippen LogP contribution in [0.3, 0.4) is 0 Å². The van der Waals surface area contributed by atoms with Gasteiger partial charge in [0.05, 0.1) is 18.3 Å². The summed E-state index contributed by atoms with van der Waals surface area (Å²) in [6.07, 6.45) is 1.68. The molecule has 3 rings (SSSR count). The van der Waals surface area contributed by atoms with Crippen LogP contribution in [-0.4, -0.2) is 25.2 Å². The quantitative estimate of drug-likeness (QED) is 0.884. The lowest BCUT2D eigenvalue weighted by molar-refractivity contribution is -0.119. The van der Waals surface area contributed by atoms with Crippen LogP contribution < -0.4 is 10.6 Å². The SMILES string of the molecule is NC1C(=O)N(CC2CCCO2)c2cc(F)cc(F)c21. The summed E-state index contributed by atoms with van der Waals surface area (Å²) in [6, 6.07) is 0.844. The fourth-order valence-corrected chi connectivity index (χ4v) is 2.69. The summed E-state index contributed by atoms with van der Waals surface area (Å²) in [7, 11) is 0. The molecule has 0 spiro atoms. The molecule has 2 atom stereocenters. The van der Waals surface area contributed by atoms with Gasteiger partial charge in [-0.2, -0.15) is 0 Å². The minimum absolute atomic E-state index is 0.0735. The Morgan fingerprint density at radius 1 is 1.42 bits per heavy atom. The van der Waals surface area contributed by atoms with E-state index in [2.05, 4.69) is 0 Å². The van der Waals surface area contributed by atoms with Crippen molar-refractivity contribution in [2.75, 3.05) is 18.1 Å². The van der Waals surface area contributed by atoms with Crippen LogP contribution in [0.25, 0.3) is 0 Å². The first-order valence-corrected chi connectivity index (χ1v) is 6.25. The zero-order valence-corrected chi connectivity index (χ0v) is 10.2. The highest BCUT2D eigenvalue weighted by Gasteiger charge is 2.39. The van der Waals surface area contributed by atoms with E-state index < -0.39 is 23.6 Å². The molecule has 0 radical (unpaired) electrons. The zero-order chi connectivity index (χ0) is 13.6. The largest absolute Gasteiger partial charge is 0.376 e. The maximum absolute atomic E-state index is 13.7. The maximum Gasteiger partial charge on any atom is 0.248 e. The molecule has 19 heavy (non-hydrogen) atoms. The van der Waals surface area contributed by atoms with E-state index in [0.29, 0.717) is 13.2 Å². The van der Waals surface area contributed by atoms with E-state index in [0.717, 1.165) is 25.0 Å². The number of ether oxygens (including phenoxy) is 1. The fourth-order valence-electron chi connectivity index (χ4n) is 2.69. The van der Waals surface area contributed by atoms with Crippen molar-refractivity contribution >= 4 is 11.6 Å². The Kier molecular flexibility index (Phi) is 2.99. The summed E-state index contributed by atoms with van der Waals surface area (Å²) in [5.74, 6) is -1.89. The first-order chi connectivity index (χ1) is 9.08. The number of halogens is 2. The van der Waals surface area contributed by atoms with Gasteiger partial charge in [-0.25, -0.2) is 8.78 Å². The Balaban J connectivity index is 1.96. The highest BCUT2D eigenvalue weighted by Crippen LogP contribution is 2.37. The van der Waals surface area contributed by atoms with Crippen LogP contribution in [-0.2, 0) is 9.53 Å². The van der Waals surface area contributed by atoms with Crippen LogP contribution >= 0.6 is 0 Å². The lowest BCUT2D eigenvalue weighted by atomic mass is 10.1. The Labute approximate surface area is 109 Å². The average Bonchev–Trinajstić information content (AvgIpc) is 2.93. The molecule has 2 heterocycles. The minimum Gasteiger partial charge on any atom is -0.376 e. The fraction of sp³-hybridized carbons (Fsp3) is 0.462. The summed E-state index contributed by atoms with van der Waals surface area (Å²) in [5.41, 5.74) is 6.01. The van der Waals surface area contributed by atoms with Crippen LogP contribution in [0.5, 0.6) is 0 Å². The molecule has 1 fully saturated rings. The number of nitrogens with zero attached hydrogens (tertiary/aromatic N) is 1. The lowest BCUT2D eigenvalue weighted by Crippen LogP contribution is -2.37. The number of hydrogen-bond acceptors (Lipinski definition) is 3. The van der Waals surface area contributed by atoms with Gasteiger partial charge in [-0.05, 0) is 18.9 Å². The number of hydrogen-bond donors (Lipinski definition) is 1. The van der Waals surface area contributed by atoms with E-state index in [9.17, 15) is 13.6 Å². The number of anilines is 1. The number of rotatable bonds is 2. The molecule has 0 aliphatic carbocycles. The normalized spacial score (nSPS) is 26.1. The summed E-state index contributed by atoms with van der Waals surface area (Å²) in [4.78, 5) is 13.4. The molecule has 102 valence electrons. The number of carbonyl (C=O) groups excluding carboxylic acids is 1. The van der Waals surface area contributed by atoms with E-state index in [-0.39, 0.29) is 17.4 Å². The van der Waals surface area contributed by atoms with Crippen molar-refractivity contribution in [3.05, 3.63) is 29.3 Å². The monoisotopic (exact) mass is 268 g/mol. The molecule has 2 aliphatic heterocycles. The minimum atomic E-state index is -1.06. The molecule has 2 aliphatic rings. The van der Waals surface area contributed by atoms with Gasteiger partial charge in [0.1, 0.15) is 17.7 Å². The van der Waals surface area contributed by atoms with Crippen LogP contribution in [0.1, 0.15) is 24.4 Å². The van der Waals surface area contributed by atoms with Gasteiger partial charge in [-0.3, -0.25) is 4.79 Å². The second-order valence-corrected chi connectivity index (χ2v) is 4.88. The first-order valence-electron chi connectivity index (χ1n) is 6.25. The Hall–Kier alpha value is -1.53. The molecule has 6 heteroatoms. The van der Waals surface area contributed by atoms with E-state index in [1.165, 1.54) is 4.90 Å². The molecular weight excluding hydrogens is 254 g/mol. The van der Waals surface area contributed by atoms with Crippen molar-refractivity contribution < 1.29 is 18.3 Å². The Morgan fingerprint density at radius 3 is 2.89 bits per heavy atom. The summed E-state index contributed by atoms with van der Waals surface area (Å²) in [6.45, 7) is 0.950. The van der Waals surface area contributed by atoms with Crippen molar-refractivity contribution in [2.24, 2.45) is 5.73 Å². The molecule has 1 aromatic rings. The van der Waals surface area contributed by atoms with Crippen LogP contribution in [0, 0.1) is 11.6 Å². The Morgan fingerprint density at radius 2 is 2.21 bits per heavy atom. The number of carbonyl (C=O) groups is 1. The van der Waals surface area contributed by atoms with Gasteiger partial charge in [0.25, 0.3) is 0 Å². The number of benzene rings is 1. The maximum atomic E-state index is 13.7. The third-order valence-corrected chi connectivity index (χ3v) is 3.62. The smallest absolute Gasteiger partial charge is 0.248 e. The summed E-state index contributed by atoms with van der Waals surface area (Å²) < 4.78 is 32.5. The van der Waals surface area contributed by atoms with Gasteiger partial charge in [0, 0.05) is 18.2 Å². The molecule has 2 N–H and O–H groups in total. The van der Waals surface area contributed by atoms with Crippen LogP contribution in [0.2, 0.25) is 0 Å². The highest BCUT2D eigenvalue weighted by molar-refractivity contribution is 6.04. The predicted octanol–water partition coefficient (Wildman–Crippen LogP) is 1.49. The van der Waals surface area contributed by atoms with E-state index in [1.54, 1.807) is 0 Å². The molecule has 2 unspecified atom stereocenters. The van der Waals surface area contributed by atoms with E-state index in [1.807, 2.05) is 0 Å². The van der Waals surface area contributed by atoms with E-state index in [4.69, 9.17) is 10.5 Å². The molecule has 1 amide bonds. The van der Waals surface area contributed by atoms with Crippen LogP contribution in [0.15, 0.2) is 12.1 Å². The average molecular weight is 268 g/mol. The van der Waals surface area contributed by atoms with Crippen molar-refractivity contribution in [3.8, 4) is 0 Å². The summed E-state index contributed by atoms with van der Waals surface area (Å²) >= 11 is 0. The zero-order valence-electron chi connectivity index (χ0n) is 10.2.